The Hall–Kier alpha value is -2.66. The van der Waals surface area contributed by atoms with Crippen molar-refractivity contribution in [2.75, 3.05) is 26.0 Å². The van der Waals surface area contributed by atoms with Gasteiger partial charge in [-0.1, -0.05) is 42.5 Å². The predicted molar refractivity (Wildman–Crippen MR) is 100 cm³/mol. The van der Waals surface area contributed by atoms with Crippen molar-refractivity contribution in [2.24, 2.45) is 0 Å². The van der Waals surface area contributed by atoms with Gasteiger partial charge in [0.1, 0.15) is 0 Å². The van der Waals surface area contributed by atoms with Crippen molar-refractivity contribution in [3.63, 3.8) is 0 Å². The molecule has 2 amide bonds. The molecule has 0 spiro atoms. The van der Waals surface area contributed by atoms with Crippen molar-refractivity contribution in [3.8, 4) is 0 Å². The SMILES string of the molecule is CC(=O)Nc1ccc(CC(=O)NC[C@@H](c2ccccc2)N(C)C)cc1. The number of benzene rings is 2. The molecule has 0 heterocycles. The van der Waals surface area contributed by atoms with Crippen molar-refractivity contribution >= 4 is 17.5 Å². The molecule has 0 aliphatic carbocycles. The third-order valence-corrected chi connectivity index (χ3v) is 3.94. The van der Waals surface area contributed by atoms with Gasteiger partial charge in [-0.3, -0.25) is 9.59 Å². The Labute approximate surface area is 149 Å². The summed E-state index contributed by atoms with van der Waals surface area (Å²) in [6, 6.07) is 17.6. The molecular formula is C20H25N3O2. The van der Waals surface area contributed by atoms with Crippen molar-refractivity contribution in [2.45, 2.75) is 19.4 Å². The van der Waals surface area contributed by atoms with E-state index in [1.165, 1.54) is 12.5 Å². The highest BCUT2D eigenvalue weighted by Gasteiger charge is 2.15. The fraction of sp³-hybridized carbons (Fsp3) is 0.300. The molecule has 0 aliphatic rings. The normalized spacial score (nSPS) is 11.8. The smallest absolute Gasteiger partial charge is 0.224 e. The number of likely N-dealkylation sites (N-methyl/N-ethyl adjacent to an activating group) is 1. The second-order valence-electron chi connectivity index (χ2n) is 6.25. The van der Waals surface area contributed by atoms with Gasteiger partial charge in [0.15, 0.2) is 0 Å². The Kier molecular flexibility index (Phi) is 6.71. The lowest BCUT2D eigenvalue weighted by molar-refractivity contribution is -0.120. The number of rotatable bonds is 7. The summed E-state index contributed by atoms with van der Waals surface area (Å²) in [5.41, 5.74) is 2.81. The van der Waals surface area contributed by atoms with Crippen LogP contribution in [0.25, 0.3) is 0 Å². The van der Waals surface area contributed by atoms with Crippen molar-refractivity contribution < 1.29 is 9.59 Å². The zero-order valence-electron chi connectivity index (χ0n) is 15.0. The maximum Gasteiger partial charge on any atom is 0.224 e. The minimum Gasteiger partial charge on any atom is -0.354 e. The molecule has 2 aromatic rings. The third-order valence-electron chi connectivity index (χ3n) is 3.94. The van der Waals surface area contributed by atoms with E-state index in [2.05, 4.69) is 27.7 Å². The molecule has 2 N–H and O–H groups in total. The molecule has 0 radical (unpaired) electrons. The van der Waals surface area contributed by atoms with Gasteiger partial charge in [-0.2, -0.15) is 0 Å². The quantitative estimate of drug-likeness (QED) is 0.815. The lowest BCUT2D eigenvalue weighted by Crippen LogP contribution is -2.35. The summed E-state index contributed by atoms with van der Waals surface area (Å²) in [7, 11) is 4.01. The summed E-state index contributed by atoms with van der Waals surface area (Å²) in [6.07, 6.45) is 0.315. The summed E-state index contributed by atoms with van der Waals surface area (Å²) < 4.78 is 0. The minimum absolute atomic E-state index is 0.0185. The maximum absolute atomic E-state index is 12.2. The second-order valence-corrected chi connectivity index (χ2v) is 6.25. The largest absolute Gasteiger partial charge is 0.354 e. The van der Waals surface area contributed by atoms with Crippen LogP contribution in [0.4, 0.5) is 5.69 Å². The highest BCUT2D eigenvalue weighted by atomic mass is 16.2. The fourth-order valence-electron chi connectivity index (χ4n) is 2.64. The monoisotopic (exact) mass is 339 g/mol. The number of nitrogens with one attached hydrogen (secondary N) is 2. The first-order valence-electron chi connectivity index (χ1n) is 8.30. The van der Waals surface area contributed by atoms with Gasteiger partial charge in [-0.15, -0.1) is 0 Å². The van der Waals surface area contributed by atoms with Crippen LogP contribution in [-0.2, 0) is 16.0 Å². The van der Waals surface area contributed by atoms with Crippen LogP contribution in [0, 0.1) is 0 Å². The van der Waals surface area contributed by atoms with E-state index in [-0.39, 0.29) is 17.9 Å². The van der Waals surface area contributed by atoms with E-state index < -0.39 is 0 Å². The Bertz CT molecular complexity index is 697. The van der Waals surface area contributed by atoms with Crippen LogP contribution in [0.2, 0.25) is 0 Å². The van der Waals surface area contributed by atoms with Gasteiger partial charge in [-0.25, -0.2) is 0 Å². The third kappa shape index (κ3) is 6.04. The molecular weight excluding hydrogens is 314 g/mol. The van der Waals surface area contributed by atoms with Crippen LogP contribution in [-0.4, -0.2) is 37.4 Å². The predicted octanol–water partition coefficient (Wildman–Crippen LogP) is 2.61. The van der Waals surface area contributed by atoms with E-state index in [4.69, 9.17) is 0 Å². The fourth-order valence-corrected chi connectivity index (χ4v) is 2.64. The van der Waals surface area contributed by atoms with Gasteiger partial charge < -0.3 is 15.5 Å². The number of anilines is 1. The first kappa shape index (κ1) is 18.7. The summed E-state index contributed by atoms with van der Waals surface area (Å²) in [4.78, 5) is 25.3. The first-order chi connectivity index (χ1) is 12.0. The van der Waals surface area contributed by atoms with Crippen LogP contribution >= 0.6 is 0 Å². The number of carbonyl (C=O) groups is 2. The van der Waals surface area contributed by atoms with E-state index in [9.17, 15) is 9.59 Å². The average Bonchev–Trinajstić information content (AvgIpc) is 2.57. The molecule has 0 bridgehead atoms. The van der Waals surface area contributed by atoms with Crippen molar-refractivity contribution in [3.05, 3.63) is 65.7 Å². The second kappa shape index (κ2) is 8.99. The molecule has 5 nitrogen and oxygen atoms in total. The summed E-state index contributed by atoms with van der Waals surface area (Å²) in [5.74, 6) is -0.129. The van der Waals surface area contributed by atoms with Crippen molar-refractivity contribution in [1.82, 2.24) is 10.2 Å². The van der Waals surface area contributed by atoms with Gasteiger partial charge in [0.25, 0.3) is 0 Å². The van der Waals surface area contributed by atoms with Crippen LogP contribution in [0.1, 0.15) is 24.1 Å². The Morgan fingerprint density at radius 2 is 1.64 bits per heavy atom. The van der Waals surface area contributed by atoms with Crippen molar-refractivity contribution in [1.29, 1.82) is 0 Å². The van der Waals surface area contributed by atoms with Gasteiger partial charge in [0, 0.05) is 19.2 Å². The Morgan fingerprint density at radius 3 is 2.20 bits per heavy atom. The van der Waals surface area contributed by atoms with E-state index in [0.717, 1.165) is 11.3 Å². The highest BCUT2D eigenvalue weighted by Crippen LogP contribution is 2.17. The van der Waals surface area contributed by atoms with E-state index >= 15 is 0 Å². The molecule has 132 valence electrons. The number of carbonyl (C=O) groups excluding carboxylic acids is 2. The first-order valence-corrected chi connectivity index (χ1v) is 8.30. The zero-order valence-corrected chi connectivity index (χ0v) is 15.0. The zero-order chi connectivity index (χ0) is 18.2. The van der Waals surface area contributed by atoms with Crippen LogP contribution in [0.3, 0.4) is 0 Å². The standard InChI is InChI=1S/C20H25N3O2/c1-15(24)22-18-11-9-16(10-12-18)13-20(25)21-14-19(23(2)3)17-7-5-4-6-8-17/h4-12,19H,13-14H2,1-3H3,(H,21,25)(H,22,24)/t19-/m0/s1. The number of nitrogens with zero attached hydrogens (tertiary/aromatic N) is 1. The maximum atomic E-state index is 12.2. The Morgan fingerprint density at radius 1 is 1.00 bits per heavy atom. The summed E-state index contributed by atoms with van der Waals surface area (Å²) in [6.45, 7) is 2.02. The van der Waals surface area contributed by atoms with Gasteiger partial charge in [-0.05, 0) is 37.4 Å². The molecule has 0 unspecified atom stereocenters. The molecule has 2 aromatic carbocycles. The molecule has 0 saturated heterocycles. The Balaban J connectivity index is 1.90. The molecule has 0 fully saturated rings. The van der Waals surface area contributed by atoms with E-state index in [1.54, 1.807) is 12.1 Å². The molecule has 1 atom stereocenters. The number of hydrogen-bond donors (Lipinski definition) is 2. The molecule has 25 heavy (non-hydrogen) atoms. The van der Waals surface area contributed by atoms with Gasteiger partial charge >= 0.3 is 0 Å². The number of amides is 2. The molecule has 0 aliphatic heterocycles. The lowest BCUT2D eigenvalue weighted by Gasteiger charge is -2.25. The van der Waals surface area contributed by atoms with Crippen LogP contribution < -0.4 is 10.6 Å². The highest BCUT2D eigenvalue weighted by molar-refractivity contribution is 5.88. The molecule has 0 saturated carbocycles. The van der Waals surface area contributed by atoms with Gasteiger partial charge in [0.05, 0.1) is 12.5 Å². The summed E-state index contributed by atoms with van der Waals surface area (Å²) in [5, 5.41) is 5.72. The number of hydrogen-bond acceptors (Lipinski definition) is 3. The minimum atomic E-state index is -0.110. The molecule has 0 aromatic heterocycles. The topological polar surface area (TPSA) is 61.4 Å². The molecule has 2 rings (SSSR count). The lowest BCUT2D eigenvalue weighted by atomic mass is 10.1. The van der Waals surface area contributed by atoms with Gasteiger partial charge in [0.2, 0.25) is 11.8 Å². The molecule has 5 heteroatoms. The average molecular weight is 339 g/mol. The summed E-state index contributed by atoms with van der Waals surface area (Å²) >= 11 is 0. The van der Waals surface area contributed by atoms with Crippen LogP contribution in [0.15, 0.2) is 54.6 Å². The van der Waals surface area contributed by atoms with Crippen LogP contribution in [0.5, 0.6) is 0 Å². The van der Waals surface area contributed by atoms with E-state index in [0.29, 0.717) is 13.0 Å². The van der Waals surface area contributed by atoms with E-state index in [1.807, 2.05) is 44.4 Å².